The fourth-order valence-corrected chi connectivity index (χ4v) is 4.60. The van der Waals surface area contributed by atoms with Gasteiger partial charge in [0.15, 0.2) is 4.34 Å². The maximum Gasteiger partial charge on any atom is 0.347 e. The van der Waals surface area contributed by atoms with Gasteiger partial charge >= 0.3 is 11.9 Å². The molecule has 1 fully saturated rings. The van der Waals surface area contributed by atoms with Gasteiger partial charge in [0, 0.05) is 12.2 Å². The quantitative estimate of drug-likeness (QED) is 0.487. The second-order valence-electron chi connectivity index (χ2n) is 5.78. The van der Waals surface area contributed by atoms with Crippen LogP contribution in [0.5, 0.6) is 0 Å². The summed E-state index contributed by atoms with van der Waals surface area (Å²) in [6.45, 7) is 0.304. The molecule has 1 aliphatic heterocycles. The van der Waals surface area contributed by atoms with Crippen molar-refractivity contribution in [3.05, 3.63) is 59.7 Å². The summed E-state index contributed by atoms with van der Waals surface area (Å²) < 4.78 is 12.2. The van der Waals surface area contributed by atoms with Gasteiger partial charge in [0.2, 0.25) is 6.10 Å². The molecular weight excluding hydrogens is 370 g/mol. The number of fused-ring (bicyclic) bond motifs is 1. The number of thioether (sulfide) groups is 1. The summed E-state index contributed by atoms with van der Waals surface area (Å²) in [5, 5.41) is 0. The van der Waals surface area contributed by atoms with Crippen LogP contribution in [0.25, 0.3) is 10.2 Å². The molecule has 2 heterocycles. The van der Waals surface area contributed by atoms with Gasteiger partial charge in [-0.05, 0) is 29.8 Å². The van der Waals surface area contributed by atoms with Crippen LogP contribution in [0.1, 0.15) is 22.3 Å². The molecule has 0 unspecified atom stereocenters. The van der Waals surface area contributed by atoms with Crippen molar-refractivity contribution < 1.29 is 19.1 Å². The predicted molar refractivity (Wildman–Crippen MR) is 100 cm³/mol. The Labute approximate surface area is 158 Å². The summed E-state index contributed by atoms with van der Waals surface area (Å²) in [6.07, 6.45) is -0.363. The molecule has 2 aromatic carbocycles. The number of carbonyl (C=O) groups excluding carboxylic acids is 2. The first kappa shape index (κ1) is 17.1. The lowest BCUT2D eigenvalue weighted by Crippen LogP contribution is -2.22. The SMILES string of the molecule is O=C(O[C@@H]1CCOC1=O)c1ccc(CSc2nc3ccccc3s2)cc1. The third-order valence-corrected chi connectivity index (χ3v) is 6.21. The van der Waals surface area contributed by atoms with E-state index in [4.69, 9.17) is 9.47 Å². The fraction of sp³-hybridized carbons (Fsp3) is 0.211. The first-order chi connectivity index (χ1) is 12.7. The normalized spacial score (nSPS) is 16.6. The second-order valence-corrected chi connectivity index (χ2v) is 8.04. The zero-order valence-electron chi connectivity index (χ0n) is 13.7. The molecule has 132 valence electrons. The standard InChI is InChI=1S/C19H15NO4S2/c21-17(24-15-9-10-23-18(15)22)13-7-5-12(6-8-13)11-25-19-20-14-3-1-2-4-16(14)26-19/h1-8,15H,9-11H2/t15-/m1/s1. The molecule has 5 nitrogen and oxygen atoms in total. The Balaban J connectivity index is 1.36. The lowest BCUT2D eigenvalue weighted by molar-refractivity contribution is -0.145. The lowest BCUT2D eigenvalue weighted by atomic mass is 10.1. The van der Waals surface area contributed by atoms with E-state index in [0.717, 1.165) is 21.2 Å². The average molecular weight is 385 g/mol. The number of thiazole rings is 1. The van der Waals surface area contributed by atoms with E-state index in [-0.39, 0.29) is 0 Å². The van der Waals surface area contributed by atoms with Crippen molar-refractivity contribution >= 4 is 45.3 Å². The smallest absolute Gasteiger partial charge is 0.347 e. The maximum absolute atomic E-state index is 12.1. The first-order valence-electron chi connectivity index (χ1n) is 8.14. The van der Waals surface area contributed by atoms with Crippen molar-refractivity contribution in [2.24, 2.45) is 0 Å². The minimum absolute atomic E-state index is 0.304. The molecule has 1 saturated heterocycles. The Hall–Kier alpha value is -2.38. The zero-order chi connectivity index (χ0) is 17.9. The van der Waals surface area contributed by atoms with E-state index in [1.165, 1.54) is 4.70 Å². The summed E-state index contributed by atoms with van der Waals surface area (Å²) in [7, 11) is 0. The lowest BCUT2D eigenvalue weighted by Gasteiger charge is -2.08. The molecule has 0 amide bonds. The van der Waals surface area contributed by atoms with Gasteiger partial charge in [-0.3, -0.25) is 0 Å². The summed E-state index contributed by atoms with van der Waals surface area (Å²) in [5.74, 6) is -0.203. The number of nitrogens with zero attached hydrogens (tertiary/aromatic N) is 1. The first-order valence-corrected chi connectivity index (χ1v) is 9.94. The topological polar surface area (TPSA) is 65.5 Å². The third-order valence-electron chi connectivity index (χ3n) is 3.96. The van der Waals surface area contributed by atoms with Gasteiger partial charge in [-0.1, -0.05) is 36.0 Å². The Morgan fingerprint density at radius 1 is 1.23 bits per heavy atom. The van der Waals surface area contributed by atoms with Gasteiger partial charge in [-0.2, -0.15) is 0 Å². The summed E-state index contributed by atoms with van der Waals surface area (Å²) in [4.78, 5) is 28.1. The minimum Gasteiger partial charge on any atom is -0.463 e. The van der Waals surface area contributed by atoms with Gasteiger partial charge in [0.05, 0.1) is 22.4 Å². The number of cyclic esters (lactones) is 1. The van der Waals surface area contributed by atoms with Gasteiger partial charge < -0.3 is 9.47 Å². The molecule has 3 aromatic rings. The number of rotatable bonds is 5. The van der Waals surface area contributed by atoms with E-state index < -0.39 is 18.0 Å². The summed E-state index contributed by atoms with van der Waals surface area (Å²) >= 11 is 3.35. The van der Waals surface area contributed by atoms with E-state index in [0.29, 0.717) is 18.6 Å². The van der Waals surface area contributed by atoms with Crippen LogP contribution in [0.2, 0.25) is 0 Å². The minimum atomic E-state index is -0.781. The van der Waals surface area contributed by atoms with Crippen LogP contribution in [-0.4, -0.2) is 29.6 Å². The van der Waals surface area contributed by atoms with E-state index in [2.05, 4.69) is 11.1 Å². The van der Waals surface area contributed by atoms with Crippen molar-refractivity contribution in [3.63, 3.8) is 0 Å². The molecule has 0 aliphatic carbocycles. The number of ether oxygens (including phenoxy) is 2. The van der Waals surface area contributed by atoms with Gasteiger partial charge in [-0.25, -0.2) is 14.6 Å². The number of aromatic nitrogens is 1. The molecule has 4 rings (SSSR count). The Kier molecular flexibility index (Phi) is 4.90. The molecular formula is C19H15NO4S2. The number of esters is 2. The fourth-order valence-electron chi connectivity index (χ4n) is 2.58. The number of carbonyl (C=O) groups is 2. The summed E-state index contributed by atoms with van der Waals surface area (Å²) in [5.41, 5.74) is 2.54. The Bertz CT molecular complexity index is 919. The molecule has 0 radical (unpaired) electrons. The zero-order valence-corrected chi connectivity index (χ0v) is 15.3. The predicted octanol–water partition coefficient (Wildman–Crippen LogP) is 4.06. The van der Waals surface area contributed by atoms with E-state index in [9.17, 15) is 9.59 Å². The highest BCUT2D eigenvalue weighted by Crippen LogP contribution is 2.31. The van der Waals surface area contributed by atoms with Crippen molar-refractivity contribution in [1.29, 1.82) is 0 Å². The van der Waals surface area contributed by atoms with Gasteiger partial charge in [-0.15, -0.1) is 11.3 Å². The number of para-hydroxylation sites is 1. The highest BCUT2D eigenvalue weighted by Gasteiger charge is 2.30. The van der Waals surface area contributed by atoms with E-state index >= 15 is 0 Å². The van der Waals surface area contributed by atoms with Gasteiger partial charge in [0.25, 0.3) is 0 Å². The van der Waals surface area contributed by atoms with Crippen molar-refractivity contribution in [2.45, 2.75) is 22.6 Å². The number of hydrogen-bond acceptors (Lipinski definition) is 7. The monoisotopic (exact) mass is 385 g/mol. The molecule has 0 N–H and O–H groups in total. The van der Waals surface area contributed by atoms with Crippen LogP contribution >= 0.6 is 23.1 Å². The second kappa shape index (κ2) is 7.47. The molecule has 0 saturated carbocycles. The third kappa shape index (κ3) is 3.73. The van der Waals surface area contributed by atoms with E-state index in [1.807, 2.05) is 30.3 Å². The van der Waals surface area contributed by atoms with Crippen molar-refractivity contribution in [1.82, 2.24) is 4.98 Å². The van der Waals surface area contributed by atoms with Crippen LogP contribution in [0.3, 0.4) is 0 Å². The largest absolute Gasteiger partial charge is 0.463 e. The average Bonchev–Trinajstić information content (AvgIpc) is 3.26. The van der Waals surface area contributed by atoms with Gasteiger partial charge in [0.1, 0.15) is 0 Å². The summed E-state index contributed by atoms with van der Waals surface area (Å²) in [6, 6.07) is 15.3. The van der Waals surface area contributed by atoms with Crippen molar-refractivity contribution in [2.75, 3.05) is 6.61 Å². The molecule has 7 heteroatoms. The molecule has 1 aliphatic rings. The highest BCUT2D eigenvalue weighted by molar-refractivity contribution is 8.00. The van der Waals surface area contributed by atoms with Crippen LogP contribution in [0.15, 0.2) is 52.9 Å². The molecule has 1 aromatic heterocycles. The van der Waals surface area contributed by atoms with Crippen LogP contribution < -0.4 is 0 Å². The Morgan fingerprint density at radius 3 is 2.77 bits per heavy atom. The van der Waals surface area contributed by atoms with Crippen LogP contribution in [0, 0.1) is 0 Å². The molecule has 0 spiro atoms. The number of benzene rings is 2. The highest BCUT2D eigenvalue weighted by atomic mass is 32.2. The van der Waals surface area contributed by atoms with Crippen molar-refractivity contribution in [3.8, 4) is 0 Å². The van der Waals surface area contributed by atoms with Crippen LogP contribution in [0.4, 0.5) is 0 Å². The maximum atomic E-state index is 12.1. The van der Waals surface area contributed by atoms with Crippen LogP contribution in [-0.2, 0) is 20.0 Å². The van der Waals surface area contributed by atoms with E-state index in [1.54, 1.807) is 35.2 Å². The molecule has 26 heavy (non-hydrogen) atoms. The number of hydrogen-bond donors (Lipinski definition) is 0. The molecule has 0 bridgehead atoms. The Morgan fingerprint density at radius 2 is 2.04 bits per heavy atom. The molecule has 1 atom stereocenters.